The van der Waals surface area contributed by atoms with E-state index in [0.717, 1.165) is 38.6 Å². The topological polar surface area (TPSA) is 47.0 Å². The highest BCUT2D eigenvalue weighted by molar-refractivity contribution is 5.97. The van der Waals surface area contributed by atoms with Gasteiger partial charge in [0.2, 0.25) is 0 Å². The molecule has 0 aliphatic heterocycles. The Morgan fingerprint density at radius 3 is 2.58 bits per heavy atom. The van der Waals surface area contributed by atoms with E-state index in [0.29, 0.717) is 6.61 Å². The molecular weight excluding hydrogens is 324 g/mol. The molecule has 0 bridgehead atoms. The van der Waals surface area contributed by atoms with Gasteiger partial charge in [0, 0.05) is 40.7 Å². The molecule has 4 aromatic rings. The Balaban J connectivity index is 2.01. The van der Waals surface area contributed by atoms with Gasteiger partial charge < -0.3 is 14.3 Å². The van der Waals surface area contributed by atoms with Crippen LogP contribution in [0.1, 0.15) is 29.7 Å². The second-order valence-corrected chi connectivity index (χ2v) is 6.61. The summed E-state index contributed by atoms with van der Waals surface area (Å²) in [6.45, 7) is 4.23. The SMILES string of the molecule is CCOC(=O)C(c1c(C)[nH]c2ccccc12)c1cn(C)c2ccccc12. The average Bonchev–Trinajstić information content (AvgIpc) is 3.14. The first-order chi connectivity index (χ1) is 12.6. The summed E-state index contributed by atoms with van der Waals surface area (Å²) in [6.07, 6.45) is 2.05. The molecule has 4 rings (SSSR count). The van der Waals surface area contributed by atoms with E-state index in [4.69, 9.17) is 4.74 Å². The number of ether oxygens (including phenoxy) is 1. The molecule has 26 heavy (non-hydrogen) atoms. The highest BCUT2D eigenvalue weighted by Gasteiger charge is 2.31. The minimum atomic E-state index is -0.461. The van der Waals surface area contributed by atoms with Gasteiger partial charge in [0.25, 0.3) is 0 Å². The molecule has 1 unspecified atom stereocenters. The average molecular weight is 346 g/mol. The van der Waals surface area contributed by atoms with Crippen molar-refractivity contribution in [3.05, 3.63) is 71.5 Å². The van der Waals surface area contributed by atoms with Gasteiger partial charge in [0.15, 0.2) is 0 Å². The van der Waals surface area contributed by atoms with Gasteiger partial charge in [-0.2, -0.15) is 0 Å². The minimum Gasteiger partial charge on any atom is -0.465 e. The Kier molecular flexibility index (Phi) is 4.03. The molecule has 0 fully saturated rings. The minimum absolute atomic E-state index is 0.211. The molecule has 2 heterocycles. The van der Waals surface area contributed by atoms with Crippen LogP contribution in [0.2, 0.25) is 0 Å². The van der Waals surface area contributed by atoms with E-state index in [1.54, 1.807) is 0 Å². The van der Waals surface area contributed by atoms with Crippen molar-refractivity contribution in [2.75, 3.05) is 6.61 Å². The number of nitrogens with zero attached hydrogens (tertiary/aromatic N) is 1. The van der Waals surface area contributed by atoms with Gasteiger partial charge in [-0.3, -0.25) is 4.79 Å². The third-order valence-electron chi connectivity index (χ3n) is 4.99. The fraction of sp³-hybridized carbons (Fsp3) is 0.227. The standard InChI is InChI=1S/C22H22N2O2/c1-4-26-22(25)21(17-13-24(3)19-12-8-6-9-15(17)19)20-14(2)23-18-11-7-5-10-16(18)20/h5-13,21,23H,4H2,1-3H3. The van der Waals surface area contributed by atoms with E-state index in [1.807, 2.05) is 57.4 Å². The summed E-state index contributed by atoms with van der Waals surface area (Å²) in [5.41, 5.74) is 5.12. The van der Waals surface area contributed by atoms with Gasteiger partial charge in [-0.05, 0) is 37.1 Å². The summed E-state index contributed by atoms with van der Waals surface area (Å²) >= 11 is 0. The van der Waals surface area contributed by atoms with Crippen LogP contribution in [0.4, 0.5) is 0 Å². The van der Waals surface area contributed by atoms with E-state index < -0.39 is 5.92 Å². The number of carbonyl (C=O) groups is 1. The van der Waals surface area contributed by atoms with Crippen molar-refractivity contribution < 1.29 is 9.53 Å². The maximum atomic E-state index is 13.0. The molecule has 0 aliphatic carbocycles. The van der Waals surface area contributed by atoms with Gasteiger partial charge >= 0.3 is 5.97 Å². The smallest absolute Gasteiger partial charge is 0.318 e. The zero-order valence-electron chi connectivity index (χ0n) is 15.2. The zero-order chi connectivity index (χ0) is 18.3. The number of para-hydroxylation sites is 2. The fourth-order valence-corrected chi connectivity index (χ4v) is 3.90. The van der Waals surface area contributed by atoms with Crippen LogP contribution in [0.5, 0.6) is 0 Å². The number of aromatic nitrogens is 2. The van der Waals surface area contributed by atoms with Crippen LogP contribution in [0.25, 0.3) is 21.8 Å². The fourth-order valence-electron chi connectivity index (χ4n) is 3.90. The maximum absolute atomic E-state index is 13.0. The number of hydrogen-bond acceptors (Lipinski definition) is 2. The molecule has 0 aliphatic rings. The van der Waals surface area contributed by atoms with E-state index in [1.165, 1.54) is 0 Å². The second-order valence-electron chi connectivity index (χ2n) is 6.61. The Morgan fingerprint density at radius 2 is 1.81 bits per heavy atom. The number of nitrogens with one attached hydrogen (secondary N) is 1. The lowest BCUT2D eigenvalue weighted by molar-refractivity contribution is -0.143. The van der Waals surface area contributed by atoms with Gasteiger partial charge in [-0.25, -0.2) is 0 Å². The van der Waals surface area contributed by atoms with Crippen molar-refractivity contribution in [2.24, 2.45) is 7.05 Å². The van der Waals surface area contributed by atoms with Gasteiger partial charge in [-0.1, -0.05) is 36.4 Å². The normalized spacial score (nSPS) is 12.6. The van der Waals surface area contributed by atoms with Crippen LogP contribution in [0.3, 0.4) is 0 Å². The third-order valence-corrected chi connectivity index (χ3v) is 4.99. The molecular formula is C22H22N2O2. The zero-order valence-corrected chi connectivity index (χ0v) is 15.2. The Bertz CT molecular complexity index is 1100. The third kappa shape index (κ3) is 2.49. The number of aromatic amines is 1. The highest BCUT2D eigenvalue weighted by atomic mass is 16.5. The first kappa shape index (κ1) is 16.5. The Morgan fingerprint density at radius 1 is 1.12 bits per heavy atom. The van der Waals surface area contributed by atoms with Crippen molar-refractivity contribution in [1.29, 1.82) is 0 Å². The van der Waals surface area contributed by atoms with Crippen LogP contribution in [0, 0.1) is 6.92 Å². The van der Waals surface area contributed by atoms with Crippen LogP contribution in [0.15, 0.2) is 54.7 Å². The molecule has 0 saturated heterocycles. The summed E-state index contributed by atoms with van der Waals surface area (Å²) in [6, 6.07) is 16.3. The molecule has 1 atom stereocenters. The van der Waals surface area contributed by atoms with E-state index in [2.05, 4.69) is 27.8 Å². The predicted molar refractivity (Wildman–Crippen MR) is 104 cm³/mol. The van der Waals surface area contributed by atoms with Crippen molar-refractivity contribution in [3.8, 4) is 0 Å². The van der Waals surface area contributed by atoms with E-state index in [-0.39, 0.29) is 5.97 Å². The highest BCUT2D eigenvalue weighted by Crippen LogP contribution is 2.38. The van der Waals surface area contributed by atoms with Gasteiger partial charge in [0.05, 0.1) is 6.61 Å². The maximum Gasteiger partial charge on any atom is 0.318 e. The Hall–Kier alpha value is -3.01. The molecule has 4 heteroatoms. The number of aryl methyl sites for hydroxylation is 2. The quantitative estimate of drug-likeness (QED) is 0.546. The van der Waals surface area contributed by atoms with Gasteiger partial charge in [0.1, 0.15) is 5.92 Å². The lowest BCUT2D eigenvalue weighted by Gasteiger charge is -2.16. The number of fused-ring (bicyclic) bond motifs is 2. The number of rotatable bonds is 4. The lowest BCUT2D eigenvalue weighted by atomic mass is 9.89. The summed E-state index contributed by atoms with van der Waals surface area (Å²) in [4.78, 5) is 16.5. The number of benzene rings is 2. The summed E-state index contributed by atoms with van der Waals surface area (Å²) in [7, 11) is 2.01. The largest absolute Gasteiger partial charge is 0.465 e. The van der Waals surface area contributed by atoms with Crippen LogP contribution in [-0.2, 0) is 16.6 Å². The van der Waals surface area contributed by atoms with Crippen LogP contribution in [-0.4, -0.2) is 22.1 Å². The number of H-pyrrole nitrogens is 1. The molecule has 2 aromatic heterocycles. The van der Waals surface area contributed by atoms with Crippen molar-refractivity contribution >= 4 is 27.8 Å². The lowest BCUT2D eigenvalue weighted by Crippen LogP contribution is -2.17. The molecule has 0 radical (unpaired) electrons. The summed E-state index contributed by atoms with van der Waals surface area (Å²) in [5.74, 6) is -0.672. The molecule has 2 aromatic carbocycles. The second kappa shape index (κ2) is 6.37. The number of esters is 1. The summed E-state index contributed by atoms with van der Waals surface area (Å²) in [5, 5.41) is 2.15. The van der Waals surface area contributed by atoms with Gasteiger partial charge in [-0.15, -0.1) is 0 Å². The number of carbonyl (C=O) groups excluding carboxylic acids is 1. The van der Waals surface area contributed by atoms with Crippen molar-refractivity contribution in [2.45, 2.75) is 19.8 Å². The van der Waals surface area contributed by atoms with Crippen LogP contribution >= 0.6 is 0 Å². The molecule has 0 spiro atoms. The summed E-state index contributed by atoms with van der Waals surface area (Å²) < 4.78 is 7.55. The molecule has 132 valence electrons. The first-order valence-electron chi connectivity index (χ1n) is 8.89. The van der Waals surface area contributed by atoms with Crippen LogP contribution < -0.4 is 0 Å². The van der Waals surface area contributed by atoms with E-state index in [9.17, 15) is 4.79 Å². The monoisotopic (exact) mass is 346 g/mol. The molecule has 0 saturated carbocycles. The number of hydrogen-bond donors (Lipinski definition) is 1. The first-order valence-corrected chi connectivity index (χ1v) is 8.89. The Labute approximate surface area is 152 Å². The molecule has 1 N–H and O–H groups in total. The van der Waals surface area contributed by atoms with Crippen molar-refractivity contribution in [3.63, 3.8) is 0 Å². The van der Waals surface area contributed by atoms with Crippen molar-refractivity contribution in [1.82, 2.24) is 9.55 Å². The molecule has 4 nitrogen and oxygen atoms in total. The van der Waals surface area contributed by atoms with E-state index >= 15 is 0 Å². The molecule has 0 amide bonds. The predicted octanol–water partition coefficient (Wildman–Crippen LogP) is 4.66.